The predicted molar refractivity (Wildman–Crippen MR) is 74.2 cm³/mol. The monoisotopic (exact) mass is 283 g/mol. The average Bonchev–Trinajstić information content (AvgIpc) is 2.43. The Kier molecular flexibility index (Phi) is 7.46. The number of ether oxygens (including phenoxy) is 2. The Morgan fingerprint density at radius 3 is 2.75 bits per heavy atom. The van der Waals surface area contributed by atoms with Crippen molar-refractivity contribution in [2.75, 3.05) is 26.4 Å². The fourth-order valence-electron chi connectivity index (χ4n) is 1.63. The maximum Gasteiger partial charge on any atom is 0.304 e. The molecule has 3 N–H and O–H groups in total. The second-order valence-corrected chi connectivity index (χ2v) is 4.11. The number of carboxylic acid groups (broad SMARTS) is 1. The molecule has 0 heterocycles. The van der Waals surface area contributed by atoms with E-state index in [-0.39, 0.29) is 19.6 Å². The van der Waals surface area contributed by atoms with Gasteiger partial charge in [-0.25, -0.2) is 0 Å². The number of hydrogen-bond acceptors (Lipinski definition) is 5. The van der Waals surface area contributed by atoms with Gasteiger partial charge in [-0.2, -0.15) is 0 Å². The Labute approximate surface area is 118 Å². The quantitative estimate of drug-likeness (QED) is 0.556. The first kappa shape index (κ1) is 16.3. The summed E-state index contributed by atoms with van der Waals surface area (Å²) in [6.45, 7) is 3.55. The average molecular weight is 283 g/mol. The van der Waals surface area contributed by atoms with Crippen molar-refractivity contribution in [3.63, 3.8) is 0 Å². The van der Waals surface area contributed by atoms with Crippen LogP contribution < -0.4 is 14.8 Å². The van der Waals surface area contributed by atoms with Gasteiger partial charge in [-0.3, -0.25) is 4.79 Å². The number of aliphatic hydroxyl groups is 1. The molecule has 0 aliphatic rings. The molecule has 1 aromatic rings. The Morgan fingerprint density at radius 2 is 2.10 bits per heavy atom. The minimum absolute atomic E-state index is 0.0515. The number of nitrogens with one attached hydrogen (secondary N) is 1. The standard InChI is InChI=1S/C14H21NO5/c1-2-19-13-9-11(10-15-6-5-14(17)18)3-4-12(13)20-8-7-16/h3-4,9,15-16H,2,5-8,10H2,1H3,(H,17,18). The van der Waals surface area contributed by atoms with Gasteiger partial charge in [-0.1, -0.05) is 6.07 Å². The highest BCUT2D eigenvalue weighted by Gasteiger charge is 2.06. The Morgan fingerprint density at radius 1 is 1.30 bits per heavy atom. The van der Waals surface area contributed by atoms with E-state index in [9.17, 15) is 4.79 Å². The van der Waals surface area contributed by atoms with Crippen LogP contribution in [0.4, 0.5) is 0 Å². The molecular weight excluding hydrogens is 262 g/mol. The maximum absolute atomic E-state index is 10.4. The zero-order valence-corrected chi connectivity index (χ0v) is 11.6. The summed E-state index contributed by atoms with van der Waals surface area (Å²) in [5.74, 6) is 0.397. The summed E-state index contributed by atoms with van der Waals surface area (Å²) in [4.78, 5) is 10.4. The second-order valence-electron chi connectivity index (χ2n) is 4.11. The summed E-state index contributed by atoms with van der Waals surface area (Å²) in [5, 5.41) is 20.4. The number of hydrogen-bond donors (Lipinski definition) is 3. The lowest BCUT2D eigenvalue weighted by Gasteiger charge is -2.13. The maximum atomic E-state index is 10.4. The van der Waals surface area contributed by atoms with Crippen LogP contribution in [0.15, 0.2) is 18.2 Å². The van der Waals surface area contributed by atoms with Crippen molar-refractivity contribution in [1.29, 1.82) is 0 Å². The van der Waals surface area contributed by atoms with Gasteiger partial charge in [0, 0.05) is 13.1 Å². The van der Waals surface area contributed by atoms with Crippen LogP contribution in [-0.2, 0) is 11.3 Å². The third kappa shape index (κ3) is 5.90. The summed E-state index contributed by atoms with van der Waals surface area (Å²) in [6, 6.07) is 5.52. The van der Waals surface area contributed by atoms with E-state index >= 15 is 0 Å². The summed E-state index contributed by atoms with van der Waals surface area (Å²) in [7, 11) is 0. The van der Waals surface area contributed by atoms with E-state index in [1.807, 2.05) is 19.1 Å². The minimum atomic E-state index is -0.819. The lowest BCUT2D eigenvalue weighted by molar-refractivity contribution is -0.136. The van der Waals surface area contributed by atoms with Crippen molar-refractivity contribution in [3.05, 3.63) is 23.8 Å². The van der Waals surface area contributed by atoms with Gasteiger partial charge in [0.25, 0.3) is 0 Å². The molecule has 0 unspecified atom stereocenters. The Bertz CT molecular complexity index is 422. The molecule has 0 saturated heterocycles. The molecule has 0 amide bonds. The van der Waals surface area contributed by atoms with Crippen LogP contribution in [0.1, 0.15) is 18.9 Å². The molecule has 6 nitrogen and oxygen atoms in total. The van der Waals surface area contributed by atoms with Gasteiger partial charge in [0.15, 0.2) is 11.5 Å². The first-order valence-corrected chi connectivity index (χ1v) is 6.59. The number of benzene rings is 1. The molecule has 0 aliphatic heterocycles. The summed E-state index contributed by atoms with van der Waals surface area (Å²) in [6.07, 6.45) is 0.0933. The smallest absolute Gasteiger partial charge is 0.304 e. The van der Waals surface area contributed by atoms with Crippen LogP contribution in [0.3, 0.4) is 0 Å². The van der Waals surface area contributed by atoms with Gasteiger partial charge >= 0.3 is 5.97 Å². The first-order chi connectivity index (χ1) is 9.67. The molecule has 20 heavy (non-hydrogen) atoms. The zero-order chi connectivity index (χ0) is 14.8. The molecule has 1 aromatic carbocycles. The molecular formula is C14H21NO5. The highest BCUT2D eigenvalue weighted by molar-refractivity contribution is 5.66. The van der Waals surface area contributed by atoms with Crippen molar-refractivity contribution in [1.82, 2.24) is 5.32 Å². The molecule has 0 fully saturated rings. The molecule has 0 radical (unpaired) electrons. The summed E-state index contributed by atoms with van der Waals surface area (Å²) >= 11 is 0. The first-order valence-electron chi connectivity index (χ1n) is 6.59. The fourth-order valence-corrected chi connectivity index (χ4v) is 1.63. The van der Waals surface area contributed by atoms with E-state index in [0.29, 0.717) is 31.2 Å². The van der Waals surface area contributed by atoms with Crippen molar-refractivity contribution >= 4 is 5.97 Å². The topological polar surface area (TPSA) is 88.0 Å². The third-order valence-electron chi connectivity index (χ3n) is 2.50. The molecule has 112 valence electrons. The van der Waals surface area contributed by atoms with Gasteiger partial charge < -0.3 is 25.0 Å². The third-order valence-corrected chi connectivity index (χ3v) is 2.50. The van der Waals surface area contributed by atoms with Crippen molar-refractivity contribution in [3.8, 4) is 11.5 Å². The number of aliphatic hydroxyl groups excluding tert-OH is 1. The molecule has 0 saturated carbocycles. The number of aliphatic carboxylic acids is 1. The number of carboxylic acids is 1. The predicted octanol–water partition coefficient (Wildman–Crippen LogP) is 1.02. The minimum Gasteiger partial charge on any atom is -0.490 e. The lowest BCUT2D eigenvalue weighted by atomic mass is 10.2. The van der Waals surface area contributed by atoms with E-state index in [4.69, 9.17) is 19.7 Å². The normalized spacial score (nSPS) is 10.3. The van der Waals surface area contributed by atoms with Crippen LogP contribution in [0.2, 0.25) is 0 Å². The van der Waals surface area contributed by atoms with E-state index in [1.54, 1.807) is 6.07 Å². The van der Waals surface area contributed by atoms with E-state index in [1.165, 1.54) is 0 Å². The molecule has 6 heteroatoms. The summed E-state index contributed by atoms with van der Waals surface area (Å²) < 4.78 is 10.9. The highest BCUT2D eigenvalue weighted by atomic mass is 16.5. The second kappa shape index (κ2) is 9.17. The van der Waals surface area contributed by atoms with Gasteiger partial charge in [-0.05, 0) is 24.6 Å². The lowest BCUT2D eigenvalue weighted by Crippen LogP contribution is -2.17. The number of carbonyl (C=O) groups is 1. The van der Waals surface area contributed by atoms with Crippen LogP contribution in [-0.4, -0.2) is 42.5 Å². The summed E-state index contributed by atoms with van der Waals surface area (Å²) in [5.41, 5.74) is 0.982. The number of rotatable bonds is 10. The van der Waals surface area contributed by atoms with Crippen LogP contribution in [0, 0.1) is 0 Å². The largest absolute Gasteiger partial charge is 0.490 e. The van der Waals surface area contributed by atoms with Crippen LogP contribution in [0.5, 0.6) is 11.5 Å². The Hall–Kier alpha value is -1.79. The molecule has 0 bridgehead atoms. The molecule has 0 spiro atoms. The highest BCUT2D eigenvalue weighted by Crippen LogP contribution is 2.28. The fraction of sp³-hybridized carbons (Fsp3) is 0.500. The molecule has 0 aliphatic carbocycles. The van der Waals surface area contributed by atoms with Crippen LogP contribution >= 0.6 is 0 Å². The van der Waals surface area contributed by atoms with Gasteiger partial charge in [-0.15, -0.1) is 0 Å². The van der Waals surface area contributed by atoms with E-state index in [2.05, 4.69) is 5.32 Å². The van der Waals surface area contributed by atoms with E-state index < -0.39 is 5.97 Å². The SMILES string of the molecule is CCOc1cc(CNCCC(=O)O)ccc1OCCO. The molecule has 0 aromatic heterocycles. The van der Waals surface area contributed by atoms with Crippen molar-refractivity contribution in [2.24, 2.45) is 0 Å². The van der Waals surface area contributed by atoms with Gasteiger partial charge in [0.05, 0.1) is 19.6 Å². The zero-order valence-electron chi connectivity index (χ0n) is 11.6. The van der Waals surface area contributed by atoms with Crippen LogP contribution in [0.25, 0.3) is 0 Å². The van der Waals surface area contributed by atoms with Gasteiger partial charge in [0.1, 0.15) is 6.61 Å². The Balaban J connectivity index is 2.59. The van der Waals surface area contributed by atoms with Gasteiger partial charge in [0.2, 0.25) is 0 Å². The van der Waals surface area contributed by atoms with Crippen molar-refractivity contribution < 1.29 is 24.5 Å². The van der Waals surface area contributed by atoms with Crippen molar-refractivity contribution in [2.45, 2.75) is 19.9 Å². The van der Waals surface area contributed by atoms with E-state index in [0.717, 1.165) is 5.56 Å². The molecule has 0 atom stereocenters. The molecule has 1 rings (SSSR count).